The van der Waals surface area contributed by atoms with Crippen LogP contribution < -0.4 is 5.32 Å². The fraction of sp³-hybridized carbons (Fsp3) is 0.500. The van der Waals surface area contributed by atoms with Crippen LogP contribution in [0.2, 0.25) is 0 Å². The third-order valence-corrected chi connectivity index (χ3v) is 6.22. The molecule has 28 heavy (non-hydrogen) atoms. The van der Waals surface area contributed by atoms with Crippen LogP contribution in [0.25, 0.3) is 0 Å². The lowest BCUT2D eigenvalue weighted by atomic mass is 9.95. The standard InChI is InChI=1S/C20H25FN4O2S/c1-3-13(4-2)20(27)25-10-6-7-14(12-25)18-23-24-19(28-18)17(26)22-16-9-5-8-15(21)11-16/h5,8-9,11,13-14H,3-4,6-7,10,12H2,1-2H3,(H,22,26)/t14-/m1/s1. The van der Waals surface area contributed by atoms with Crippen LogP contribution in [-0.4, -0.2) is 40.0 Å². The average Bonchev–Trinajstić information content (AvgIpc) is 3.19. The minimum Gasteiger partial charge on any atom is -0.342 e. The topological polar surface area (TPSA) is 75.2 Å². The summed E-state index contributed by atoms with van der Waals surface area (Å²) < 4.78 is 13.3. The van der Waals surface area contributed by atoms with E-state index in [0.717, 1.165) is 37.2 Å². The van der Waals surface area contributed by atoms with E-state index in [9.17, 15) is 14.0 Å². The maximum Gasteiger partial charge on any atom is 0.286 e. The van der Waals surface area contributed by atoms with Crippen LogP contribution in [0.1, 0.15) is 60.3 Å². The Bertz CT molecular complexity index is 837. The van der Waals surface area contributed by atoms with E-state index in [1.54, 1.807) is 6.07 Å². The summed E-state index contributed by atoms with van der Waals surface area (Å²) in [6.45, 7) is 5.48. The molecule has 1 aliphatic heterocycles. The molecule has 1 fully saturated rings. The Morgan fingerprint density at radius 2 is 2.11 bits per heavy atom. The van der Waals surface area contributed by atoms with Gasteiger partial charge in [-0.15, -0.1) is 10.2 Å². The fourth-order valence-electron chi connectivity index (χ4n) is 3.52. The van der Waals surface area contributed by atoms with Crippen LogP contribution in [0.15, 0.2) is 24.3 Å². The summed E-state index contributed by atoms with van der Waals surface area (Å²) in [5.74, 6) is -0.445. The maximum atomic E-state index is 13.3. The first-order valence-electron chi connectivity index (χ1n) is 9.70. The molecule has 1 N–H and O–H groups in total. The second-order valence-electron chi connectivity index (χ2n) is 7.05. The van der Waals surface area contributed by atoms with Crippen molar-refractivity contribution in [3.8, 4) is 0 Å². The van der Waals surface area contributed by atoms with Gasteiger partial charge in [0.05, 0.1) is 0 Å². The van der Waals surface area contributed by atoms with Crippen LogP contribution in [0, 0.1) is 11.7 Å². The second kappa shape index (κ2) is 9.23. The highest BCUT2D eigenvalue weighted by Crippen LogP contribution is 2.30. The second-order valence-corrected chi connectivity index (χ2v) is 8.06. The molecule has 1 aromatic carbocycles. The van der Waals surface area contributed by atoms with Crippen molar-refractivity contribution in [1.29, 1.82) is 0 Å². The van der Waals surface area contributed by atoms with E-state index in [1.807, 2.05) is 18.7 Å². The van der Waals surface area contributed by atoms with Crippen LogP contribution in [0.4, 0.5) is 10.1 Å². The quantitative estimate of drug-likeness (QED) is 0.787. The van der Waals surface area contributed by atoms with E-state index < -0.39 is 11.7 Å². The van der Waals surface area contributed by atoms with Gasteiger partial charge in [-0.05, 0) is 43.9 Å². The molecule has 1 aromatic heterocycles. The number of carbonyl (C=O) groups excluding carboxylic acids is 2. The first-order chi connectivity index (χ1) is 13.5. The van der Waals surface area contributed by atoms with Gasteiger partial charge >= 0.3 is 0 Å². The molecule has 0 unspecified atom stereocenters. The number of rotatable bonds is 6. The Hall–Kier alpha value is -2.35. The van der Waals surface area contributed by atoms with Crippen molar-refractivity contribution in [1.82, 2.24) is 15.1 Å². The Kier molecular flexibility index (Phi) is 6.72. The largest absolute Gasteiger partial charge is 0.342 e. The summed E-state index contributed by atoms with van der Waals surface area (Å²) in [5, 5.41) is 11.8. The van der Waals surface area contributed by atoms with Crippen molar-refractivity contribution < 1.29 is 14.0 Å². The Labute approximate surface area is 168 Å². The predicted octanol–water partition coefficient (Wildman–Crippen LogP) is 4.07. The van der Waals surface area contributed by atoms with Crippen molar-refractivity contribution in [2.45, 2.75) is 45.4 Å². The smallest absolute Gasteiger partial charge is 0.286 e. The third-order valence-electron chi connectivity index (χ3n) is 5.13. The van der Waals surface area contributed by atoms with Gasteiger partial charge in [-0.2, -0.15) is 0 Å². The zero-order chi connectivity index (χ0) is 20.1. The lowest BCUT2D eigenvalue weighted by Gasteiger charge is -2.33. The van der Waals surface area contributed by atoms with Crippen LogP contribution >= 0.6 is 11.3 Å². The summed E-state index contributed by atoms with van der Waals surface area (Å²) in [5.41, 5.74) is 0.376. The molecule has 2 amide bonds. The number of benzene rings is 1. The Morgan fingerprint density at radius 3 is 2.82 bits per heavy atom. The molecule has 8 heteroatoms. The zero-order valence-electron chi connectivity index (χ0n) is 16.2. The highest BCUT2D eigenvalue weighted by Gasteiger charge is 2.30. The van der Waals surface area contributed by atoms with E-state index in [2.05, 4.69) is 15.5 Å². The van der Waals surface area contributed by atoms with Gasteiger partial charge in [-0.1, -0.05) is 31.3 Å². The number of halogens is 1. The molecule has 0 aliphatic carbocycles. The number of aromatic nitrogens is 2. The molecule has 0 saturated carbocycles. The van der Waals surface area contributed by atoms with Gasteiger partial charge in [0.2, 0.25) is 10.9 Å². The van der Waals surface area contributed by atoms with E-state index in [1.165, 1.54) is 29.5 Å². The van der Waals surface area contributed by atoms with Gasteiger partial charge in [0.15, 0.2) is 0 Å². The molecule has 6 nitrogen and oxygen atoms in total. The number of likely N-dealkylation sites (tertiary alicyclic amines) is 1. The monoisotopic (exact) mass is 404 g/mol. The lowest BCUT2D eigenvalue weighted by molar-refractivity contribution is -0.137. The minimum atomic E-state index is -0.417. The number of hydrogen-bond donors (Lipinski definition) is 1. The summed E-state index contributed by atoms with van der Waals surface area (Å²) in [7, 11) is 0. The summed E-state index contributed by atoms with van der Waals surface area (Å²) in [6, 6.07) is 5.72. The summed E-state index contributed by atoms with van der Waals surface area (Å²) in [6.07, 6.45) is 3.53. The van der Waals surface area contributed by atoms with E-state index in [-0.39, 0.29) is 22.8 Å². The van der Waals surface area contributed by atoms with Crippen LogP contribution in [-0.2, 0) is 4.79 Å². The van der Waals surface area contributed by atoms with Crippen molar-refractivity contribution in [2.75, 3.05) is 18.4 Å². The molecule has 1 saturated heterocycles. The number of carbonyl (C=O) groups is 2. The highest BCUT2D eigenvalue weighted by atomic mass is 32.1. The van der Waals surface area contributed by atoms with E-state index in [0.29, 0.717) is 12.2 Å². The first kappa shape index (κ1) is 20.4. The molecule has 2 heterocycles. The number of anilines is 1. The van der Waals surface area contributed by atoms with Crippen molar-refractivity contribution in [2.24, 2.45) is 5.92 Å². The normalized spacial score (nSPS) is 17.0. The number of nitrogens with one attached hydrogen (secondary N) is 1. The average molecular weight is 405 g/mol. The number of hydrogen-bond acceptors (Lipinski definition) is 5. The van der Waals surface area contributed by atoms with E-state index in [4.69, 9.17) is 0 Å². The number of piperidine rings is 1. The van der Waals surface area contributed by atoms with Gasteiger partial charge in [-0.3, -0.25) is 9.59 Å². The van der Waals surface area contributed by atoms with E-state index >= 15 is 0 Å². The molecule has 2 aromatic rings. The predicted molar refractivity (Wildman–Crippen MR) is 107 cm³/mol. The first-order valence-corrected chi connectivity index (χ1v) is 10.5. The lowest BCUT2D eigenvalue weighted by Crippen LogP contribution is -2.42. The molecule has 0 bridgehead atoms. The third kappa shape index (κ3) is 4.73. The SMILES string of the molecule is CCC(CC)C(=O)N1CCC[C@@H](c2nnc(C(=O)Nc3cccc(F)c3)s2)C1. The van der Waals surface area contributed by atoms with Crippen molar-refractivity contribution in [3.05, 3.63) is 40.1 Å². The molecule has 3 rings (SSSR count). The molecule has 0 radical (unpaired) electrons. The van der Waals surface area contributed by atoms with Crippen molar-refractivity contribution in [3.63, 3.8) is 0 Å². The Morgan fingerprint density at radius 1 is 1.32 bits per heavy atom. The minimum absolute atomic E-state index is 0.0702. The molecule has 1 aliphatic rings. The van der Waals surface area contributed by atoms with Gasteiger partial charge in [0.25, 0.3) is 5.91 Å². The van der Waals surface area contributed by atoms with Gasteiger partial charge in [0.1, 0.15) is 10.8 Å². The Balaban J connectivity index is 1.65. The van der Waals surface area contributed by atoms with Gasteiger partial charge in [-0.25, -0.2) is 4.39 Å². The van der Waals surface area contributed by atoms with Crippen molar-refractivity contribution >= 4 is 28.8 Å². The highest BCUT2D eigenvalue weighted by molar-refractivity contribution is 7.13. The summed E-state index contributed by atoms with van der Waals surface area (Å²) in [4.78, 5) is 27.0. The molecule has 0 spiro atoms. The fourth-order valence-corrected chi connectivity index (χ4v) is 4.38. The molecule has 150 valence electrons. The number of nitrogens with zero attached hydrogens (tertiary/aromatic N) is 3. The van der Waals surface area contributed by atoms with Crippen LogP contribution in [0.5, 0.6) is 0 Å². The maximum absolute atomic E-state index is 13.3. The van der Waals surface area contributed by atoms with Gasteiger partial charge in [0, 0.05) is 30.6 Å². The summed E-state index contributed by atoms with van der Waals surface area (Å²) >= 11 is 1.24. The molecular formula is C20H25FN4O2S. The van der Waals surface area contributed by atoms with Gasteiger partial charge < -0.3 is 10.2 Å². The molecule has 1 atom stereocenters. The number of amides is 2. The molecular weight excluding hydrogens is 379 g/mol. The zero-order valence-corrected chi connectivity index (χ0v) is 17.0. The van der Waals surface area contributed by atoms with Crippen LogP contribution in [0.3, 0.4) is 0 Å².